The molecular formula is C17H22F3N. The minimum atomic E-state index is -4.01. The first-order valence-corrected chi connectivity index (χ1v) is 7.94. The van der Waals surface area contributed by atoms with Gasteiger partial charge < -0.3 is 5.32 Å². The number of halogens is 3. The third kappa shape index (κ3) is 3.42. The van der Waals surface area contributed by atoms with Crippen molar-refractivity contribution in [2.75, 3.05) is 0 Å². The summed E-state index contributed by atoms with van der Waals surface area (Å²) in [5.41, 5.74) is 2.74. The fraction of sp³-hybridized carbons (Fsp3) is 0.647. The number of benzene rings is 1. The Morgan fingerprint density at radius 1 is 0.952 bits per heavy atom. The summed E-state index contributed by atoms with van der Waals surface area (Å²) in [6.07, 6.45) is 1.19. The van der Waals surface area contributed by atoms with Crippen molar-refractivity contribution in [3.05, 3.63) is 35.4 Å². The summed E-state index contributed by atoms with van der Waals surface area (Å²) >= 11 is 0. The van der Waals surface area contributed by atoms with E-state index in [9.17, 15) is 13.2 Å². The predicted molar refractivity (Wildman–Crippen MR) is 77.1 cm³/mol. The fourth-order valence-electron chi connectivity index (χ4n) is 3.80. The van der Waals surface area contributed by atoms with Gasteiger partial charge in [0.05, 0.1) is 5.92 Å². The average Bonchev–Trinajstić information content (AvgIpc) is 2.47. The zero-order chi connectivity index (χ0) is 14.9. The second-order valence-electron chi connectivity index (χ2n) is 6.40. The number of nitrogens with one attached hydrogen (secondary N) is 1. The highest BCUT2D eigenvalue weighted by atomic mass is 19.4. The van der Waals surface area contributed by atoms with E-state index in [0.29, 0.717) is 18.9 Å². The van der Waals surface area contributed by atoms with Gasteiger partial charge in [0.15, 0.2) is 0 Å². The SMILES string of the molecule is FC(F)(F)C1CCC(NC2CCCc3ccccc32)CC1. The predicted octanol–water partition coefficient (Wildman–Crippen LogP) is 4.77. The van der Waals surface area contributed by atoms with Gasteiger partial charge in [0.1, 0.15) is 0 Å². The molecule has 1 aromatic rings. The lowest BCUT2D eigenvalue weighted by Crippen LogP contribution is -2.39. The number of aryl methyl sites for hydroxylation is 1. The first-order valence-electron chi connectivity index (χ1n) is 7.94. The summed E-state index contributed by atoms with van der Waals surface area (Å²) in [5, 5.41) is 3.62. The largest absolute Gasteiger partial charge is 0.391 e. The van der Waals surface area contributed by atoms with Crippen LogP contribution in [0.25, 0.3) is 0 Å². The number of hydrogen-bond acceptors (Lipinski definition) is 1. The third-order valence-electron chi connectivity index (χ3n) is 5.00. The van der Waals surface area contributed by atoms with Gasteiger partial charge in [-0.05, 0) is 56.1 Å². The number of rotatable bonds is 2. The zero-order valence-electron chi connectivity index (χ0n) is 12.1. The van der Waals surface area contributed by atoms with Gasteiger partial charge in [-0.25, -0.2) is 0 Å². The fourth-order valence-corrected chi connectivity index (χ4v) is 3.80. The van der Waals surface area contributed by atoms with Gasteiger partial charge in [-0.15, -0.1) is 0 Å². The summed E-state index contributed by atoms with van der Waals surface area (Å²) in [4.78, 5) is 0. The van der Waals surface area contributed by atoms with Crippen molar-refractivity contribution in [2.45, 2.75) is 63.2 Å². The van der Waals surface area contributed by atoms with Crippen molar-refractivity contribution in [3.8, 4) is 0 Å². The van der Waals surface area contributed by atoms with Crippen molar-refractivity contribution in [3.63, 3.8) is 0 Å². The van der Waals surface area contributed by atoms with Crippen LogP contribution in [0, 0.1) is 5.92 Å². The van der Waals surface area contributed by atoms with Crippen molar-refractivity contribution in [1.29, 1.82) is 0 Å². The van der Waals surface area contributed by atoms with E-state index in [4.69, 9.17) is 0 Å². The molecule has 116 valence electrons. The quantitative estimate of drug-likeness (QED) is 0.828. The molecule has 0 heterocycles. The first-order chi connectivity index (χ1) is 10.0. The summed E-state index contributed by atoms with van der Waals surface area (Å²) in [6, 6.07) is 9.01. The number of fused-ring (bicyclic) bond motifs is 1. The minimum absolute atomic E-state index is 0.236. The molecule has 1 aromatic carbocycles. The Morgan fingerprint density at radius 3 is 2.38 bits per heavy atom. The van der Waals surface area contributed by atoms with Crippen LogP contribution in [-0.2, 0) is 6.42 Å². The first kappa shape index (κ1) is 14.9. The van der Waals surface area contributed by atoms with E-state index in [0.717, 1.165) is 19.3 Å². The Labute approximate surface area is 123 Å². The average molecular weight is 297 g/mol. The van der Waals surface area contributed by atoms with Crippen molar-refractivity contribution in [2.24, 2.45) is 5.92 Å². The molecule has 0 saturated heterocycles. The van der Waals surface area contributed by atoms with Crippen LogP contribution in [0.1, 0.15) is 55.7 Å². The van der Waals surface area contributed by atoms with Gasteiger partial charge in [0.25, 0.3) is 0 Å². The Kier molecular flexibility index (Phi) is 4.25. The molecule has 2 aliphatic rings. The maximum absolute atomic E-state index is 12.7. The number of alkyl halides is 3. The van der Waals surface area contributed by atoms with Crippen LogP contribution in [0.15, 0.2) is 24.3 Å². The van der Waals surface area contributed by atoms with Gasteiger partial charge >= 0.3 is 6.18 Å². The van der Waals surface area contributed by atoms with Crippen LogP contribution in [0.2, 0.25) is 0 Å². The molecule has 0 radical (unpaired) electrons. The summed E-state index contributed by atoms with van der Waals surface area (Å²) in [7, 11) is 0. The minimum Gasteiger partial charge on any atom is -0.307 e. The van der Waals surface area contributed by atoms with Crippen molar-refractivity contribution in [1.82, 2.24) is 5.32 Å². The highest BCUT2D eigenvalue weighted by Gasteiger charge is 2.41. The van der Waals surface area contributed by atoms with Crippen LogP contribution in [0.4, 0.5) is 13.2 Å². The topological polar surface area (TPSA) is 12.0 Å². The van der Waals surface area contributed by atoms with Gasteiger partial charge in [0.2, 0.25) is 0 Å². The van der Waals surface area contributed by atoms with Gasteiger partial charge in [0, 0.05) is 12.1 Å². The summed E-state index contributed by atoms with van der Waals surface area (Å²) < 4.78 is 38.1. The Morgan fingerprint density at radius 2 is 1.67 bits per heavy atom. The van der Waals surface area contributed by atoms with Crippen LogP contribution < -0.4 is 5.32 Å². The molecule has 1 atom stereocenters. The highest BCUT2D eigenvalue weighted by Crippen LogP contribution is 2.38. The molecule has 1 fully saturated rings. The van der Waals surface area contributed by atoms with E-state index in [-0.39, 0.29) is 18.9 Å². The zero-order valence-corrected chi connectivity index (χ0v) is 12.1. The van der Waals surface area contributed by atoms with E-state index in [2.05, 4.69) is 29.6 Å². The lowest BCUT2D eigenvalue weighted by molar-refractivity contribution is -0.182. The van der Waals surface area contributed by atoms with E-state index >= 15 is 0 Å². The normalized spacial score (nSPS) is 30.0. The standard InChI is InChI=1S/C17H22F3N/c18-17(19,20)13-8-10-14(11-9-13)21-16-7-3-5-12-4-1-2-6-15(12)16/h1-2,4,6,13-14,16,21H,3,5,7-11H2. The van der Waals surface area contributed by atoms with E-state index < -0.39 is 12.1 Å². The maximum atomic E-state index is 12.7. The van der Waals surface area contributed by atoms with Crippen LogP contribution in [0.5, 0.6) is 0 Å². The molecule has 21 heavy (non-hydrogen) atoms. The van der Waals surface area contributed by atoms with Gasteiger partial charge in [-0.1, -0.05) is 24.3 Å². The number of hydrogen-bond donors (Lipinski definition) is 1. The second kappa shape index (κ2) is 5.99. The monoisotopic (exact) mass is 297 g/mol. The summed E-state index contributed by atoms with van der Waals surface area (Å²) in [6.45, 7) is 0. The molecule has 1 saturated carbocycles. The highest BCUT2D eigenvalue weighted by molar-refractivity contribution is 5.32. The molecule has 0 bridgehead atoms. The van der Waals surface area contributed by atoms with Crippen LogP contribution >= 0.6 is 0 Å². The van der Waals surface area contributed by atoms with Gasteiger partial charge in [-0.2, -0.15) is 13.2 Å². The molecule has 0 aromatic heterocycles. The molecule has 0 amide bonds. The Bertz CT molecular complexity index is 475. The third-order valence-corrected chi connectivity index (χ3v) is 5.00. The molecule has 0 spiro atoms. The van der Waals surface area contributed by atoms with Crippen molar-refractivity contribution < 1.29 is 13.2 Å². The Hall–Kier alpha value is -1.03. The molecule has 1 unspecified atom stereocenters. The van der Waals surface area contributed by atoms with E-state index in [1.165, 1.54) is 11.1 Å². The molecule has 1 nitrogen and oxygen atoms in total. The maximum Gasteiger partial charge on any atom is 0.391 e. The molecule has 3 rings (SSSR count). The van der Waals surface area contributed by atoms with E-state index in [1.807, 2.05) is 0 Å². The Balaban J connectivity index is 1.59. The smallest absolute Gasteiger partial charge is 0.307 e. The molecule has 1 N–H and O–H groups in total. The molecule has 4 heteroatoms. The van der Waals surface area contributed by atoms with Gasteiger partial charge in [-0.3, -0.25) is 0 Å². The second-order valence-corrected chi connectivity index (χ2v) is 6.40. The molecule has 0 aliphatic heterocycles. The van der Waals surface area contributed by atoms with Crippen LogP contribution in [-0.4, -0.2) is 12.2 Å². The molecule has 2 aliphatic carbocycles. The van der Waals surface area contributed by atoms with E-state index in [1.54, 1.807) is 0 Å². The molecular weight excluding hydrogens is 275 g/mol. The van der Waals surface area contributed by atoms with Crippen molar-refractivity contribution >= 4 is 0 Å². The summed E-state index contributed by atoms with van der Waals surface area (Å²) in [5.74, 6) is -1.09. The lowest BCUT2D eigenvalue weighted by Gasteiger charge is -2.35. The van der Waals surface area contributed by atoms with Crippen LogP contribution in [0.3, 0.4) is 0 Å². The lowest BCUT2D eigenvalue weighted by atomic mass is 9.83.